The van der Waals surface area contributed by atoms with Gasteiger partial charge in [-0.05, 0) is 45.2 Å². The molecule has 1 aromatic rings. The summed E-state index contributed by atoms with van der Waals surface area (Å²) >= 11 is 0. The number of nitrogens with zero attached hydrogens (tertiary/aromatic N) is 2. The van der Waals surface area contributed by atoms with E-state index in [-0.39, 0.29) is 22.8 Å². The molecule has 2 N–H and O–H groups in total. The van der Waals surface area contributed by atoms with Gasteiger partial charge in [-0.3, -0.25) is 0 Å². The third-order valence-electron chi connectivity index (χ3n) is 4.07. The van der Waals surface area contributed by atoms with Gasteiger partial charge in [-0.1, -0.05) is 6.92 Å². The molecule has 21 heavy (non-hydrogen) atoms. The topological polar surface area (TPSA) is 76.0 Å². The van der Waals surface area contributed by atoms with Crippen LogP contribution in [0.2, 0.25) is 0 Å². The number of rotatable bonds is 5. The Hall–Kier alpha value is -0.630. The Labute approximate surface area is 133 Å². The standard InChI is InChI=1S/C13H24N4O2S.ClH/c1-4-17-9-12(16-11(17)2)20(18,19)15-10-13(3)5-7-14-8-6-13;/h9,14-15H,4-8,10H2,1-3H3;1H. The van der Waals surface area contributed by atoms with Crippen molar-refractivity contribution in [2.24, 2.45) is 5.41 Å². The van der Waals surface area contributed by atoms with Crippen molar-refractivity contribution in [3.8, 4) is 0 Å². The van der Waals surface area contributed by atoms with Gasteiger partial charge < -0.3 is 9.88 Å². The summed E-state index contributed by atoms with van der Waals surface area (Å²) < 4.78 is 29.1. The molecule has 2 rings (SSSR count). The predicted molar refractivity (Wildman–Crippen MR) is 85.3 cm³/mol. The van der Waals surface area contributed by atoms with Gasteiger partial charge in [0.05, 0.1) is 0 Å². The molecule has 0 unspecified atom stereocenters. The van der Waals surface area contributed by atoms with E-state index in [1.807, 2.05) is 18.4 Å². The fourth-order valence-electron chi connectivity index (χ4n) is 2.48. The maximum absolute atomic E-state index is 12.3. The summed E-state index contributed by atoms with van der Waals surface area (Å²) in [6.45, 7) is 8.99. The molecule has 1 aliphatic rings. The van der Waals surface area contributed by atoms with E-state index in [0.717, 1.165) is 38.3 Å². The van der Waals surface area contributed by atoms with Gasteiger partial charge in [-0.25, -0.2) is 18.1 Å². The predicted octanol–water partition coefficient (Wildman–Crippen LogP) is 1.30. The first-order chi connectivity index (χ1) is 9.36. The number of aryl methyl sites for hydroxylation is 2. The largest absolute Gasteiger partial charge is 0.334 e. The van der Waals surface area contributed by atoms with Gasteiger partial charge in [0.25, 0.3) is 10.0 Å². The lowest BCUT2D eigenvalue weighted by Crippen LogP contribution is -2.42. The number of imidazole rings is 1. The summed E-state index contributed by atoms with van der Waals surface area (Å²) in [5.74, 6) is 0.723. The van der Waals surface area contributed by atoms with Crippen LogP contribution >= 0.6 is 12.4 Å². The van der Waals surface area contributed by atoms with Gasteiger partial charge >= 0.3 is 0 Å². The quantitative estimate of drug-likeness (QED) is 0.849. The second kappa shape index (κ2) is 7.09. The van der Waals surface area contributed by atoms with Crippen LogP contribution in [0.4, 0.5) is 0 Å². The third-order valence-corrected chi connectivity index (χ3v) is 5.34. The zero-order valence-electron chi connectivity index (χ0n) is 12.8. The monoisotopic (exact) mass is 336 g/mol. The van der Waals surface area contributed by atoms with E-state index in [4.69, 9.17) is 0 Å². The zero-order chi connectivity index (χ0) is 14.8. The summed E-state index contributed by atoms with van der Waals surface area (Å²) in [7, 11) is -3.51. The highest BCUT2D eigenvalue weighted by atomic mass is 35.5. The lowest BCUT2D eigenvalue weighted by molar-refractivity contribution is 0.232. The second-order valence-electron chi connectivity index (χ2n) is 5.80. The molecule has 0 atom stereocenters. The Bertz CT molecular complexity index is 565. The Balaban J connectivity index is 0.00000220. The molecule has 8 heteroatoms. The number of nitrogens with one attached hydrogen (secondary N) is 2. The fraction of sp³-hybridized carbons (Fsp3) is 0.769. The molecule has 0 aliphatic carbocycles. The van der Waals surface area contributed by atoms with Crippen molar-refractivity contribution < 1.29 is 8.42 Å². The van der Waals surface area contributed by atoms with Crippen LogP contribution in [0.5, 0.6) is 0 Å². The molecule has 1 fully saturated rings. The van der Waals surface area contributed by atoms with Crippen molar-refractivity contribution in [3.63, 3.8) is 0 Å². The minimum Gasteiger partial charge on any atom is -0.334 e. The van der Waals surface area contributed by atoms with E-state index in [9.17, 15) is 8.42 Å². The average Bonchev–Trinajstić information content (AvgIpc) is 2.80. The van der Waals surface area contributed by atoms with Crippen molar-refractivity contribution in [1.82, 2.24) is 19.6 Å². The summed E-state index contributed by atoms with van der Waals surface area (Å²) in [5.41, 5.74) is 0.0285. The Morgan fingerprint density at radius 3 is 2.57 bits per heavy atom. The minimum atomic E-state index is -3.51. The van der Waals surface area contributed by atoms with Crippen LogP contribution in [0.3, 0.4) is 0 Å². The van der Waals surface area contributed by atoms with E-state index in [1.54, 1.807) is 6.20 Å². The molecule has 0 radical (unpaired) electrons. The van der Waals surface area contributed by atoms with Crippen LogP contribution in [0.25, 0.3) is 0 Å². The first-order valence-electron chi connectivity index (χ1n) is 7.10. The van der Waals surface area contributed by atoms with Crippen molar-refractivity contribution in [1.29, 1.82) is 0 Å². The highest BCUT2D eigenvalue weighted by molar-refractivity contribution is 7.89. The molecule has 0 saturated carbocycles. The molecular weight excluding hydrogens is 312 g/mol. The Morgan fingerprint density at radius 2 is 2.05 bits per heavy atom. The van der Waals surface area contributed by atoms with Crippen molar-refractivity contribution in [3.05, 3.63) is 12.0 Å². The number of aromatic nitrogens is 2. The van der Waals surface area contributed by atoms with Gasteiger partial charge in [0, 0.05) is 19.3 Å². The summed E-state index contributed by atoms with van der Waals surface area (Å²) in [4.78, 5) is 4.14. The first-order valence-corrected chi connectivity index (χ1v) is 8.59. The van der Waals surface area contributed by atoms with E-state index in [1.165, 1.54) is 0 Å². The number of piperidine rings is 1. The van der Waals surface area contributed by atoms with Gasteiger partial charge in [0.1, 0.15) is 5.82 Å². The zero-order valence-corrected chi connectivity index (χ0v) is 14.5. The average molecular weight is 337 g/mol. The normalized spacial score (nSPS) is 18.2. The lowest BCUT2D eigenvalue weighted by Gasteiger charge is -2.33. The highest BCUT2D eigenvalue weighted by Crippen LogP contribution is 2.27. The Morgan fingerprint density at radius 1 is 1.43 bits per heavy atom. The van der Waals surface area contributed by atoms with Gasteiger partial charge in [-0.2, -0.15) is 0 Å². The molecule has 0 amide bonds. The first kappa shape index (κ1) is 18.4. The van der Waals surface area contributed by atoms with Crippen molar-refractivity contribution in [2.45, 2.75) is 45.2 Å². The number of hydrogen-bond acceptors (Lipinski definition) is 4. The van der Waals surface area contributed by atoms with Gasteiger partial charge in [-0.15, -0.1) is 12.4 Å². The van der Waals surface area contributed by atoms with Crippen LogP contribution in [0, 0.1) is 12.3 Å². The van der Waals surface area contributed by atoms with Crippen LogP contribution in [0.1, 0.15) is 32.5 Å². The number of sulfonamides is 1. The molecule has 1 aromatic heterocycles. The molecule has 2 heterocycles. The van der Waals surface area contributed by atoms with Crippen molar-refractivity contribution >= 4 is 22.4 Å². The van der Waals surface area contributed by atoms with Crippen LogP contribution in [0.15, 0.2) is 11.2 Å². The van der Waals surface area contributed by atoms with E-state index in [0.29, 0.717) is 6.54 Å². The number of halogens is 1. The van der Waals surface area contributed by atoms with Crippen molar-refractivity contribution in [2.75, 3.05) is 19.6 Å². The second-order valence-corrected chi connectivity index (χ2v) is 7.51. The SMILES string of the molecule is CCn1cc(S(=O)(=O)NCC2(C)CCNCC2)nc1C.Cl. The van der Waals surface area contributed by atoms with Crippen LogP contribution < -0.4 is 10.0 Å². The maximum Gasteiger partial charge on any atom is 0.259 e. The number of hydrogen-bond donors (Lipinski definition) is 2. The van der Waals surface area contributed by atoms with Crippen LogP contribution in [-0.2, 0) is 16.6 Å². The highest BCUT2D eigenvalue weighted by Gasteiger charge is 2.29. The maximum atomic E-state index is 12.3. The minimum absolute atomic E-state index is 0. The molecule has 0 bridgehead atoms. The van der Waals surface area contributed by atoms with Gasteiger partial charge in [0.2, 0.25) is 0 Å². The summed E-state index contributed by atoms with van der Waals surface area (Å²) in [5, 5.41) is 3.41. The summed E-state index contributed by atoms with van der Waals surface area (Å²) in [6.07, 6.45) is 3.57. The molecule has 1 aliphatic heterocycles. The molecule has 0 spiro atoms. The fourth-order valence-corrected chi connectivity index (χ4v) is 3.68. The van der Waals surface area contributed by atoms with E-state index < -0.39 is 10.0 Å². The lowest BCUT2D eigenvalue weighted by atomic mass is 9.81. The molecule has 122 valence electrons. The smallest absolute Gasteiger partial charge is 0.259 e. The van der Waals surface area contributed by atoms with E-state index in [2.05, 4.69) is 21.9 Å². The summed E-state index contributed by atoms with van der Waals surface area (Å²) in [6, 6.07) is 0. The third kappa shape index (κ3) is 4.42. The van der Waals surface area contributed by atoms with E-state index >= 15 is 0 Å². The Kier molecular flexibility index (Phi) is 6.22. The molecule has 1 saturated heterocycles. The molecule has 6 nitrogen and oxygen atoms in total. The van der Waals surface area contributed by atoms with Gasteiger partial charge in [0.15, 0.2) is 5.03 Å². The molecule has 0 aromatic carbocycles. The molecular formula is C13H25ClN4O2S. The van der Waals surface area contributed by atoms with Crippen LogP contribution in [-0.4, -0.2) is 37.6 Å².